The second kappa shape index (κ2) is 5.65. The minimum absolute atomic E-state index is 0.0865. The van der Waals surface area contributed by atoms with Crippen molar-refractivity contribution >= 4 is 12.3 Å². The highest BCUT2D eigenvalue weighted by Gasteiger charge is 2.02. The normalized spacial score (nSPS) is 10.9. The van der Waals surface area contributed by atoms with E-state index in [1.165, 1.54) is 6.08 Å². The van der Waals surface area contributed by atoms with E-state index < -0.39 is 0 Å². The largest absolute Gasteiger partial charge is 0.423 e. The van der Waals surface area contributed by atoms with Gasteiger partial charge in [-0.15, -0.1) is 0 Å². The van der Waals surface area contributed by atoms with Crippen molar-refractivity contribution in [2.24, 2.45) is 0 Å². The van der Waals surface area contributed by atoms with Gasteiger partial charge in [-0.3, -0.25) is 9.59 Å². The van der Waals surface area contributed by atoms with E-state index in [2.05, 4.69) is 4.74 Å². The number of esters is 1. The summed E-state index contributed by atoms with van der Waals surface area (Å²) in [6.07, 6.45) is 3.06. The standard InChI is InChI=1S/C8H12O3/c1-3-5-8(10)11-7(4-2)6-9/h4,6H,3,5H2,1-2H3. The molecule has 0 N–H and O–H groups in total. The fraction of sp³-hybridized carbons (Fsp3) is 0.500. The quantitative estimate of drug-likeness (QED) is 0.267. The van der Waals surface area contributed by atoms with Gasteiger partial charge in [-0.1, -0.05) is 6.92 Å². The van der Waals surface area contributed by atoms with E-state index in [9.17, 15) is 9.59 Å². The van der Waals surface area contributed by atoms with Gasteiger partial charge in [-0.2, -0.15) is 0 Å². The summed E-state index contributed by atoms with van der Waals surface area (Å²) in [6, 6.07) is 0. The van der Waals surface area contributed by atoms with Gasteiger partial charge < -0.3 is 4.74 Å². The average molecular weight is 156 g/mol. The van der Waals surface area contributed by atoms with Crippen molar-refractivity contribution in [3.05, 3.63) is 11.8 Å². The Morgan fingerprint density at radius 2 is 2.18 bits per heavy atom. The summed E-state index contributed by atoms with van der Waals surface area (Å²) in [5.41, 5.74) is 0. The van der Waals surface area contributed by atoms with Crippen LogP contribution < -0.4 is 0 Å². The van der Waals surface area contributed by atoms with Crippen molar-refractivity contribution in [3.63, 3.8) is 0 Å². The van der Waals surface area contributed by atoms with Crippen LogP contribution in [0.2, 0.25) is 0 Å². The van der Waals surface area contributed by atoms with E-state index in [0.29, 0.717) is 12.7 Å². The number of aldehydes is 1. The van der Waals surface area contributed by atoms with Gasteiger partial charge in [0.05, 0.1) is 0 Å². The number of carbonyl (C=O) groups excluding carboxylic acids is 2. The highest BCUT2D eigenvalue weighted by Crippen LogP contribution is 1.97. The van der Waals surface area contributed by atoms with Crippen LogP contribution in [0, 0.1) is 0 Å². The Balaban J connectivity index is 3.82. The van der Waals surface area contributed by atoms with Gasteiger partial charge in [0.2, 0.25) is 0 Å². The van der Waals surface area contributed by atoms with Crippen molar-refractivity contribution < 1.29 is 14.3 Å². The van der Waals surface area contributed by atoms with Crippen molar-refractivity contribution in [1.82, 2.24) is 0 Å². The molecule has 0 rings (SSSR count). The van der Waals surface area contributed by atoms with Crippen LogP contribution in [0.1, 0.15) is 26.7 Å². The summed E-state index contributed by atoms with van der Waals surface area (Å²) in [4.78, 5) is 20.9. The summed E-state index contributed by atoms with van der Waals surface area (Å²) in [7, 11) is 0. The van der Waals surface area contributed by atoms with Crippen molar-refractivity contribution in [1.29, 1.82) is 0 Å². The number of hydrogen-bond donors (Lipinski definition) is 0. The second-order valence-corrected chi connectivity index (χ2v) is 2.03. The lowest BCUT2D eigenvalue weighted by molar-refractivity contribution is -0.141. The first-order chi connectivity index (χ1) is 5.24. The maximum atomic E-state index is 10.7. The molecule has 0 aliphatic carbocycles. The maximum Gasteiger partial charge on any atom is 0.311 e. The van der Waals surface area contributed by atoms with E-state index in [4.69, 9.17) is 0 Å². The molecule has 0 spiro atoms. The van der Waals surface area contributed by atoms with Gasteiger partial charge in [0.15, 0.2) is 12.0 Å². The molecule has 3 nitrogen and oxygen atoms in total. The molecular formula is C8H12O3. The molecule has 11 heavy (non-hydrogen) atoms. The van der Waals surface area contributed by atoms with E-state index >= 15 is 0 Å². The SMILES string of the molecule is CC=C(C=O)OC(=O)CCC. The molecule has 3 heteroatoms. The minimum atomic E-state index is -0.354. The molecule has 0 bridgehead atoms. The summed E-state index contributed by atoms with van der Waals surface area (Å²) < 4.78 is 4.64. The smallest absolute Gasteiger partial charge is 0.311 e. The van der Waals surface area contributed by atoms with Gasteiger partial charge in [0.1, 0.15) is 0 Å². The third-order valence-electron chi connectivity index (χ3n) is 1.09. The molecule has 0 aromatic carbocycles. The monoisotopic (exact) mass is 156 g/mol. The number of hydrogen-bond acceptors (Lipinski definition) is 3. The van der Waals surface area contributed by atoms with Crippen molar-refractivity contribution in [2.75, 3.05) is 0 Å². The Morgan fingerprint density at radius 1 is 1.55 bits per heavy atom. The fourth-order valence-corrected chi connectivity index (χ4v) is 0.538. The highest BCUT2D eigenvalue weighted by atomic mass is 16.5. The summed E-state index contributed by atoms with van der Waals surface area (Å²) in [5, 5.41) is 0. The molecular weight excluding hydrogens is 144 g/mol. The zero-order valence-electron chi connectivity index (χ0n) is 6.79. The third-order valence-corrected chi connectivity index (χ3v) is 1.09. The maximum absolute atomic E-state index is 10.7. The van der Waals surface area contributed by atoms with Crippen molar-refractivity contribution in [3.8, 4) is 0 Å². The lowest BCUT2D eigenvalue weighted by Gasteiger charge is -1.99. The first kappa shape index (κ1) is 9.88. The van der Waals surface area contributed by atoms with Gasteiger partial charge in [0.25, 0.3) is 0 Å². The van der Waals surface area contributed by atoms with E-state index in [1.54, 1.807) is 6.92 Å². The summed E-state index contributed by atoms with van der Waals surface area (Å²) in [5.74, 6) is -0.267. The van der Waals surface area contributed by atoms with Crippen LogP contribution in [-0.2, 0) is 14.3 Å². The number of ether oxygens (including phenoxy) is 1. The Hall–Kier alpha value is -1.12. The Labute approximate surface area is 66.0 Å². The lowest BCUT2D eigenvalue weighted by Crippen LogP contribution is -2.03. The molecule has 0 heterocycles. The third kappa shape index (κ3) is 4.31. The molecule has 0 saturated heterocycles. The van der Waals surface area contributed by atoms with Gasteiger partial charge in [-0.25, -0.2) is 0 Å². The fourth-order valence-electron chi connectivity index (χ4n) is 0.538. The Kier molecular flexibility index (Phi) is 5.07. The zero-order chi connectivity index (χ0) is 8.69. The predicted molar refractivity (Wildman–Crippen MR) is 40.8 cm³/mol. The van der Waals surface area contributed by atoms with Gasteiger partial charge in [-0.05, 0) is 19.4 Å². The second-order valence-electron chi connectivity index (χ2n) is 2.03. The predicted octanol–water partition coefficient (Wildman–Crippen LogP) is 1.43. The minimum Gasteiger partial charge on any atom is -0.423 e. The number of allylic oxidation sites excluding steroid dienone is 2. The Morgan fingerprint density at radius 3 is 2.55 bits per heavy atom. The summed E-state index contributed by atoms with van der Waals surface area (Å²) >= 11 is 0. The lowest BCUT2D eigenvalue weighted by atomic mass is 10.3. The molecule has 0 atom stereocenters. The molecule has 0 unspecified atom stereocenters. The number of rotatable bonds is 4. The van der Waals surface area contributed by atoms with E-state index in [1.807, 2.05) is 6.92 Å². The molecule has 62 valence electrons. The molecule has 0 saturated carbocycles. The van der Waals surface area contributed by atoms with Crippen LogP contribution in [0.4, 0.5) is 0 Å². The highest BCUT2D eigenvalue weighted by molar-refractivity contribution is 5.78. The van der Waals surface area contributed by atoms with Crippen LogP contribution >= 0.6 is 0 Å². The van der Waals surface area contributed by atoms with Crippen LogP contribution in [0.3, 0.4) is 0 Å². The summed E-state index contributed by atoms with van der Waals surface area (Å²) in [6.45, 7) is 3.51. The average Bonchev–Trinajstić information content (AvgIpc) is 2.01. The molecule has 0 amide bonds. The van der Waals surface area contributed by atoms with Crippen molar-refractivity contribution in [2.45, 2.75) is 26.7 Å². The van der Waals surface area contributed by atoms with E-state index in [0.717, 1.165) is 6.42 Å². The van der Waals surface area contributed by atoms with Gasteiger partial charge in [0, 0.05) is 6.42 Å². The molecule has 0 aromatic heterocycles. The molecule has 0 aliphatic heterocycles. The molecule has 0 radical (unpaired) electrons. The van der Waals surface area contributed by atoms with Crippen LogP contribution in [-0.4, -0.2) is 12.3 Å². The first-order valence-electron chi connectivity index (χ1n) is 3.56. The number of carbonyl (C=O) groups is 2. The molecule has 0 aromatic rings. The molecule has 0 fully saturated rings. The van der Waals surface area contributed by atoms with Crippen LogP contribution in [0.5, 0.6) is 0 Å². The van der Waals surface area contributed by atoms with Gasteiger partial charge >= 0.3 is 5.97 Å². The first-order valence-corrected chi connectivity index (χ1v) is 3.56. The van der Waals surface area contributed by atoms with E-state index in [-0.39, 0.29) is 11.7 Å². The Bertz CT molecular complexity index is 170. The topological polar surface area (TPSA) is 43.4 Å². The molecule has 0 aliphatic rings. The zero-order valence-corrected chi connectivity index (χ0v) is 6.79. The van der Waals surface area contributed by atoms with Crippen LogP contribution in [0.25, 0.3) is 0 Å². The van der Waals surface area contributed by atoms with Crippen LogP contribution in [0.15, 0.2) is 11.8 Å².